The summed E-state index contributed by atoms with van der Waals surface area (Å²) >= 11 is 0. The number of methoxy groups -OCH3 is 1. The molecule has 8 heteroatoms. The van der Waals surface area contributed by atoms with Crippen LogP contribution in [0.1, 0.15) is 23.2 Å². The maximum Gasteiger partial charge on any atom is 0.337 e. The molecule has 1 N–H and O–H groups in total. The number of ether oxygens (including phenoxy) is 1. The number of sulfonamides is 1. The van der Waals surface area contributed by atoms with Gasteiger partial charge in [-0.15, -0.1) is 0 Å². The lowest BCUT2D eigenvalue weighted by Gasteiger charge is -2.31. The molecule has 1 saturated heterocycles. The van der Waals surface area contributed by atoms with Crippen LogP contribution in [0, 0.1) is 5.92 Å². The van der Waals surface area contributed by atoms with E-state index in [0.717, 1.165) is 19.0 Å². The van der Waals surface area contributed by atoms with E-state index < -0.39 is 16.0 Å². The van der Waals surface area contributed by atoms with Crippen molar-refractivity contribution in [2.24, 2.45) is 5.92 Å². The van der Waals surface area contributed by atoms with Crippen LogP contribution in [0.15, 0.2) is 23.4 Å². The van der Waals surface area contributed by atoms with E-state index in [2.05, 4.69) is 4.98 Å². The van der Waals surface area contributed by atoms with Crippen LogP contribution >= 0.6 is 0 Å². The van der Waals surface area contributed by atoms with Gasteiger partial charge in [0.15, 0.2) is 5.03 Å². The molecule has 0 radical (unpaired) electrons. The third-order valence-corrected chi connectivity index (χ3v) is 5.25. The lowest BCUT2D eigenvalue weighted by Crippen LogP contribution is -2.41. The van der Waals surface area contributed by atoms with Gasteiger partial charge in [-0.3, -0.25) is 0 Å². The fourth-order valence-electron chi connectivity index (χ4n) is 2.41. The number of aromatic carboxylic acids is 1. The Bertz CT molecular complexity index is 597. The third-order valence-electron chi connectivity index (χ3n) is 3.47. The Morgan fingerprint density at radius 2 is 2.29 bits per heavy atom. The van der Waals surface area contributed by atoms with Gasteiger partial charge in [0, 0.05) is 26.4 Å². The Morgan fingerprint density at radius 1 is 1.52 bits per heavy atom. The number of hydrogen-bond donors (Lipinski definition) is 1. The summed E-state index contributed by atoms with van der Waals surface area (Å²) in [6.07, 6.45) is 2.78. The molecule has 1 aromatic rings. The van der Waals surface area contributed by atoms with Crippen LogP contribution < -0.4 is 0 Å². The average Bonchev–Trinajstić information content (AvgIpc) is 2.48. The molecule has 2 rings (SSSR count). The van der Waals surface area contributed by atoms with Gasteiger partial charge in [0.1, 0.15) is 0 Å². The average molecular weight is 314 g/mol. The van der Waals surface area contributed by atoms with Gasteiger partial charge in [-0.2, -0.15) is 4.31 Å². The van der Waals surface area contributed by atoms with Crippen molar-refractivity contribution >= 4 is 16.0 Å². The number of nitrogens with zero attached hydrogens (tertiary/aromatic N) is 2. The molecule has 1 fully saturated rings. The Kier molecular flexibility index (Phi) is 4.92. The molecule has 116 valence electrons. The maximum absolute atomic E-state index is 12.5. The Morgan fingerprint density at radius 3 is 2.86 bits per heavy atom. The van der Waals surface area contributed by atoms with E-state index >= 15 is 0 Å². The van der Waals surface area contributed by atoms with Gasteiger partial charge in [0.25, 0.3) is 10.0 Å². The first-order valence-electron chi connectivity index (χ1n) is 6.63. The van der Waals surface area contributed by atoms with Crippen molar-refractivity contribution in [3.05, 3.63) is 23.9 Å². The van der Waals surface area contributed by atoms with Crippen LogP contribution in [-0.2, 0) is 14.8 Å². The lowest BCUT2D eigenvalue weighted by molar-refractivity contribution is 0.0696. The number of rotatable bonds is 5. The monoisotopic (exact) mass is 314 g/mol. The topological polar surface area (TPSA) is 96.8 Å². The summed E-state index contributed by atoms with van der Waals surface area (Å²) < 4.78 is 31.5. The first-order chi connectivity index (χ1) is 9.95. The fraction of sp³-hybridized carbons (Fsp3) is 0.538. The summed E-state index contributed by atoms with van der Waals surface area (Å²) in [6.45, 7) is 1.38. The van der Waals surface area contributed by atoms with Crippen molar-refractivity contribution in [3.63, 3.8) is 0 Å². The van der Waals surface area contributed by atoms with Crippen molar-refractivity contribution in [1.82, 2.24) is 9.29 Å². The molecule has 0 spiro atoms. The van der Waals surface area contributed by atoms with Gasteiger partial charge in [-0.25, -0.2) is 18.2 Å². The van der Waals surface area contributed by atoms with Crippen molar-refractivity contribution in [3.8, 4) is 0 Å². The van der Waals surface area contributed by atoms with Crippen LogP contribution in [0.2, 0.25) is 0 Å². The molecule has 0 saturated carbocycles. The van der Waals surface area contributed by atoms with E-state index in [1.54, 1.807) is 7.11 Å². The highest BCUT2D eigenvalue weighted by Crippen LogP contribution is 2.23. The van der Waals surface area contributed by atoms with E-state index in [9.17, 15) is 13.2 Å². The summed E-state index contributed by atoms with van der Waals surface area (Å²) in [4.78, 5) is 14.5. The molecule has 0 aliphatic carbocycles. The van der Waals surface area contributed by atoms with Crippen molar-refractivity contribution in [2.75, 3.05) is 26.8 Å². The molecule has 7 nitrogen and oxygen atoms in total. The lowest BCUT2D eigenvalue weighted by atomic mass is 10.0. The minimum atomic E-state index is -3.68. The second kappa shape index (κ2) is 6.50. The Labute approximate surface area is 123 Å². The second-order valence-electron chi connectivity index (χ2n) is 5.02. The molecule has 0 amide bonds. The van der Waals surface area contributed by atoms with Crippen molar-refractivity contribution < 1.29 is 23.1 Å². The van der Waals surface area contributed by atoms with Gasteiger partial charge >= 0.3 is 5.97 Å². The molecule has 1 aliphatic rings. The molecule has 1 aromatic heterocycles. The molecule has 1 unspecified atom stereocenters. The van der Waals surface area contributed by atoms with Gasteiger partial charge in [0.05, 0.1) is 12.2 Å². The predicted molar refractivity (Wildman–Crippen MR) is 74.6 cm³/mol. The van der Waals surface area contributed by atoms with Crippen molar-refractivity contribution in [1.29, 1.82) is 0 Å². The number of piperidine rings is 1. The molecule has 1 atom stereocenters. The minimum absolute atomic E-state index is 0.0372. The summed E-state index contributed by atoms with van der Waals surface area (Å²) in [5.41, 5.74) is -0.0372. The fourth-order valence-corrected chi connectivity index (χ4v) is 3.88. The number of carboxylic acid groups (broad SMARTS) is 1. The van der Waals surface area contributed by atoms with E-state index in [1.807, 2.05) is 0 Å². The number of hydrogen-bond acceptors (Lipinski definition) is 5. The summed E-state index contributed by atoms with van der Waals surface area (Å²) in [5.74, 6) is -0.957. The summed E-state index contributed by atoms with van der Waals surface area (Å²) in [5, 5.41) is 8.69. The SMILES string of the molecule is COCC1CCCN(S(=O)(=O)c2ccc(C(=O)O)cn2)C1. The molecular formula is C13H18N2O5S. The van der Waals surface area contributed by atoms with Crippen LogP contribution in [0.4, 0.5) is 0 Å². The zero-order chi connectivity index (χ0) is 15.5. The maximum atomic E-state index is 12.5. The van der Waals surface area contributed by atoms with Crippen molar-refractivity contribution in [2.45, 2.75) is 17.9 Å². The van der Waals surface area contributed by atoms with Gasteiger partial charge < -0.3 is 9.84 Å². The van der Waals surface area contributed by atoms with Gasteiger partial charge in [-0.1, -0.05) is 0 Å². The second-order valence-corrected chi connectivity index (χ2v) is 6.90. The number of carboxylic acids is 1. The van der Waals surface area contributed by atoms with Crippen LogP contribution in [0.5, 0.6) is 0 Å². The smallest absolute Gasteiger partial charge is 0.337 e. The molecule has 1 aliphatic heterocycles. The van der Waals surface area contributed by atoms with E-state index in [0.29, 0.717) is 19.7 Å². The van der Waals surface area contributed by atoms with Gasteiger partial charge in [-0.05, 0) is 30.9 Å². The molecule has 0 bridgehead atoms. The Hall–Kier alpha value is -1.51. The molecule has 0 aromatic carbocycles. The van der Waals surface area contributed by atoms with E-state index in [-0.39, 0.29) is 16.5 Å². The first-order valence-corrected chi connectivity index (χ1v) is 8.07. The largest absolute Gasteiger partial charge is 0.478 e. The van der Waals surface area contributed by atoms with E-state index in [4.69, 9.17) is 9.84 Å². The highest BCUT2D eigenvalue weighted by Gasteiger charge is 2.31. The van der Waals surface area contributed by atoms with Crippen LogP contribution in [-0.4, -0.2) is 55.6 Å². The molecule has 21 heavy (non-hydrogen) atoms. The summed E-state index contributed by atoms with van der Waals surface area (Å²) in [6, 6.07) is 2.48. The van der Waals surface area contributed by atoms with Crippen LogP contribution in [0.3, 0.4) is 0 Å². The third kappa shape index (κ3) is 3.58. The number of aromatic nitrogens is 1. The zero-order valence-corrected chi connectivity index (χ0v) is 12.5. The minimum Gasteiger partial charge on any atom is -0.478 e. The first kappa shape index (κ1) is 15.9. The molecule has 2 heterocycles. The standard InChI is InChI=1S/C13H18N2O5S/c1-20-9-10-3-2-6-15(8-10)21(18,19)12-5-4-11(7-14-12)13(16)17/h4-5,7,10H,2-3,6,8-9H2,1H3,(H,16,17). The predicted octanol–water partition coefficient (Wildman–Crippen LogP) is 0.827. The highest BCUT2D eigenvalue weighted by atomic mass is 32.2. The number of carbonyl (C=O) groups is 1. The highest BCUT2D eigenvalue weighted by molar-refractivity contribution is 7.89. The van der Waals surface area contributed by atoms with Gasteiger partial charge in [0.2, 0.25) is 0 Å². The van der Waals surface area contributed by atoms with Crippen LogP contribution in [0.25, 0.3) is 0 Å². The normalized spacial score (nSPS) is 20.3. The quantitative estimate of drug-likeness (QED) is 0.864. The number of pyridine rings is 1. The van der Waals surface area contributed by atoms with E-state index in [1.165, 1.54) is 16.4 Å². The zero-order valence-electron chi connectivity index (χ0n) is 11.7. The molecular weight excluding hydrogens is 296 g/mol. The summed E-state index contributed by atoms with van der Waals surface area (Å²) in [7, 11) is -2.09. The Balaban J connectivity index is 2.18.